The third-order valence-electron chi connectivity index (χ3n) is 2.41. The van der Waals surface area contributed by atoms with Gasteiger partial charge in [0.2, 0.25) is 0 Å². The molecule has 1 rings (SSSR count). The van der Waals surface area contributed by atoms with Gasteiger partial charge in [0.1, 0.15) is 6.10 Å². The Balaban J connectivity index is 3.01. The van der Waals surface area contributed by atoms with Crippen LogP contribution in [0.2, 0.25) is 5.02 Å². The van der Waals surface area contributed by atoms with Crippen molar-refractivity contribution in [3.05, 3.63) is 29.3 Å². The molecule has 3 nitrogen and oxygen atoms in total. The topological polar surface area (TPSA) is 29.5 Å². The largest absolute Gasteiger partial charge is 0.372 e. The molecule has 0 aliphatic heterocycles. The Morgan fingerprint density at radius 1 is 1.50 bits per heavy atom. The maximum Gasteiger partial charge on any atom is 0.256 e. The molecule has 6 heteroatoms. The van der Waals surface area contributed by atoms with Crippen molar-refractivity contribution >= 4 is 23.2 Å². The van der Waals surface area contributed by atoms with Crippen LogP contribution in [0.25, 0.3) is 0 Å². The fourth-order valence-electron chi connectivity index (χ4n) is 1.42. The molecule has 1 aromatic carbocycles. The van der Waals surface area contributed by atoms with Crippen molar-refractivity contribution in [3.63, 3.8) is 0 Å². The Morgan fingerprint density at radius 3 is 2.67 bits per heavy atom. The maximum atomic E-state index is 12.5. The van der Waals surface area contributed by atoms with Crippen LogP contribution >= 0.6 is 11.6 Å². The molecule has 0 fully saturated rings. The van der Waals surface area contributed by atoms with Gasteiger partial charge in [0, 0.05) is 17.8 Å². The van der Waals surface area contributed by atoms with Crippen LogP contribution in [0.5, 0.6) is 0 Å². The van der Waals surface area contributed by atoms with Crippen molar-refractivity contribution < 1.29 is 18.3 Å². The summed E-state index contributed by atoms with van der Waals surface area (Å²) >= 11 is 5.79. The van der Waals surface area contributed by atoms with E-state index in [1.165, 1.54) is 20.1 Å². The van der Waals surface area contributed by atoms with Crippen LogP contribution in [0.15, 0.2) is 24.3 Å². The monoisotopic (exact) mass is 277 g/mol. The summed E-state index contributed by atoms with van der Waals surface area (Å²) in [4.78, 5) is 12.9. The van der Waals surface area contributed by atoms with E-state index in [1.54, 1.807) is 18.2 Å². The molecule has 100 valence electrons. The minimum absolute atomic E-state index is 0.330. The van der Waals surface area contributed by atoms with E-state index in [1.807, 2.05) is 0 Å². The quantitative estimate of drug-likeness (QED) is 0.828. The second-order valence-electron chi connectivity index (χ2n) is 3.70. The summed E-state index contributed by atoms with van der Waals surface area (Å²) in [6.07, 6.45) is -3.42. The van der Waals surface area contributed by atoms with Gasteiger partial charge in [0.25, 0.3) is 12.3 Å². The average molecular weight is 278 g/mol. The van der Waals surface area contributed by atoms with Crippen LogP contribution < -0.4 is 4.90 Å². The van der Waals surface area contributed by atoms with Crippen molar-refractivity contribution in [2.75, 3.05) is 18.6 Å². The van der Waals surface area contributed by atoms with Gasteiger partial charge in [-0.2, -0.15) is 0 Å². The Hall–Kier alpha value is -1.20. The number of methoxy groups -OCH3 is 1. The molecule has 0 heterocycles. The zero-order valence-electron chi connectivity index (χ0n) is 10.1. The normalized spacial score (nSPS) is 12.6. The first-order valence-electron chi connectivity index (χ1n) is 5.33. The summed E-state index contributed by atoms with van der Waals surface area (Å²) in [5, 5.41) is 0.379. The number of carbonyl (C=O) groups is 1. The van der Waals surface area contributed by atoms with Crippen LogP contribution in [0.4, 0.5) is 14.5 Å². The summed E-state index contributed by atoms with van der Waals surface area (Å²) in [7, 11) is 1.35. The van der Waals surface area contributed by atoms with Crippen molar-refractivity contribution in [1.82, 2.24) is 0 Å². The Bertz CT molecular complexity index is 415. The summed E-state index contributed by atoms with van der Waals surface area (Å²) in [6.45, 7) is 0.818. The number of anilines is 1. The molecule has 0 N–H and O–H groups in total. The Morgan fingerprint density at radius 2 is 2.17 bits per heavy atom. The van der Waals surface area contributed by atoms with Gasteiger partial charge in [-0.3, -0.25) is 4.79 Å². The molecule has 0 unspecified atom stereocenters. The summed E-state index contributed by atoms with van der Waals surface area (Å²) in [5.74, 6) is -0.528. The molecule has 0 saturated heterocycles. The summed E-state index contributed by atoms with van der Waals surface area (Å²) in [6, 6.07) is 6.22. The summed E-state index contributed by atoms with van der Waals surface area (Å²) < 4.78 is 29.9. The third-order valence-corrected chi connectivity index (χ3v) is 2.64. The first kappa shape index (κ1) is 14.9. The second-order valence-corrected chi connectivity index (χ2v) is 4.13. The van der Waals surface area contributed by atoms with Gasteiger partial charge in [-0.25, -0.2) is 8.78 Å². The predicted molar refractivity (Wildman–Crippen MR) is 66.3 cm³/mol. The highest BCUT2D eigenvalue weighted by molar-refractivity contribution is 6.30. The van der Waals surface area contributed by atoms with Gasteiger partial charge in [-0.05, 0) is 25.1 Å². The molecular weight excluding hydrogens is 264 g/mol. The van der Waals surface area contributed by atoms with Crippen LogP contribution in [-0.2, 0) is 9.53 Å². The number of alkyl halides is 2. The predicted octanol–water partition coefficient (Wildman–Crippen LogP) is 2.97. The lowest BCUT2D eigenvalue weighted by Crippen LogP contribution is -2.41. The molecule has 1 atom stereocenters. The molecule has 0 bridgehead atoms. The van der Waals surface area contributed by atoms with Crippen molar-refractivity contribution in [1.29, 1.82) is 0 Å². The minimum atomic E-state index is -2.63. The highest BCUT2D eigenvalue weighted by atomic mass is 35.5. The fourth-order valence-corrected chi connectivity index (χ4v) is 1.61. The van der Waals surface area contributed by atoms with E-state index in [-0.39, 0.29) is 0 Å². The van der Waals surface area contributed by atoms with E-state index in [0.29, 0.717) is 10.7 Å². The number of nitrogens with zero attached hydrogens (tertiary/aromatic N) is 1. The Labute approximate surface area is 109 Å². The molecule has 0 saturated carbocycles. The maximum absolute atomic E-state index is 12.5. The van der Waals surface area contributed by atoms with E-state index in [2.05, 4.69) is 0 Å². The number of halogens is 3. The minimum Gasteiger partial charge on any atom is -0.372 e. The van der Waals surface area contributed by atoms with E-state index < -0.39 is 25.0 Å². The van der Waals surface area contributed by atoms with Crippen molar-refractivity contribution in [2.24, 2.45) is 0 Å². The third kappa shape index (κ3) is 3.92. The number of hydrogen-bond donors (Lipinski definition) is 0. The highest BCUT2D eigenvalue weighted by Gasteiger charge is 2.24. The molecular formula is C12H14ClF2NO2. The molecule has 18 heavy (non-hydrogen) atoms. The van der Waals surface area contributed by atoms with Gasteiger partial charge in [-0.15, -0.1) is 0 Å². The number of rotatable bonds is 5. The molecule has 0 radical (unpaired) electrons. The standard InChI is InChI=1S/C12H14ClF2NO2/c1-8(18-2)12(17)16(7-11(14)15)10-5-3-4-9(13)6-10/h3-6,8,11H,7H2,1-2H3/t8-/m1/s1. The van der Waals surface area contributed by atoms with E-state index in [4.69, 9.17) is 16.3 Å². The van der Waals surface area contributed by atoms with Gasteiger partial charge >= 0.3 is 0 Å². The smallest absolute Gasteiger partial charge is 0.256 e. The summed E-state index contributed by atoms with van der Waals surface area (Å²) in [5.41, 5.74) is 0.330. The second kappa shape index (κ2) is 6.66. The Kier molecular flexibility index (Phi) is 5.50. The molecule has 0 aromatic heterocycles. The molecule has 1 amide bonds. The lowest BCUT2D eigenvalue weighted by atomic mass is 10.2. The number of benzene rings is 1. The zero-order chi connectivity index (χ0) is 13.7. The van der Waals surface area contributed by atoms with Crippen LogP contribution in [0.1, 0.15) is 6.92 Å². The number of amides is 1. The molecule has 0 aliphatic rings. The lowest BCUT2D eigenvalue weighted by Gasteiger charge is -2.25. The van der Waals surface area contributed by atoms with Gasteiger partial charge < -0.3 is 9.64 Å². The van der Waals surface area contributed by atoms with E-state index in [9.17, 15) is 13.6 Å². The fraction of sp³-hybridized carbons (Fsp3) is 0.417. The zero-order valence-corrected chi connectivity index (χ0v) is 10.8. The van der Waals surface area contributed by atoms with E-state index in [0.717, 1.165) is 4.90 Å². The van der Waals surface area contributed by atoms with Gasteiger partial charge in [0.15, 0.2) is 0 Å². The average Bonchev–Trinajstić information content (AvgIpc) is 2.34. The highest BCUT2D eigenvalue weighted by Crippen LogP contribution is 2.21. The number of carbonyl (C=O) groups excluding carboxylic acids is 1. The van der Waals surface area contributed by atoms with Crippen molar-refractivity contribution in [3.8, 4) is 0 Å². The van der Waals surface area contributed by atoms with Crippen LogP contribution in [0.3, 0.4) is 0 Å². The first-order chi connectivity index (χ1) is 8.45. The van der Waals surface area contributed by atoms with Gasteiger partial charge in [-0.1, -0.05) is 17.7 Å². The SMILES string of the molecule is CO[C@H](C)C(=O)N(CC(F)F)c1cccc(Cl)c1. The van der Waals surface area contributed by atoms with Crippen LogP contribution in [0, 0.1) is 0 Å². The molecule has 0 spiro atoms. The molecule has 0 aliphatic carbocycles. The van der Waals surface area contributed by atoms with E-state index >= 15 is 0 Å². The van der Waals surface area contributed by atoms with Crippen LogP contribution in [-0.4, -0.2) is 32.1 Å². The first-order valence-corrected chi connectivity index (χ1v) is 5.71. The number of ether oxygens (including phenoxy) is 1. The number of hydrogen-bond acceptors (Lipinski definition) is 2. The van der Waals surface area contributed by atoms with Gasteiger partial charge in [0.05, 0.1) is 6.54 Å². The lowest BCUT2D eigenvalue weighted by molar-refractivity contribution is -0.127. The van der Waals surface area contributed by atoms with Crippen molar-refractivity contribution in [2.45, 2.75) is 19.5 Å². The molecule has 1 aromatic rings.